The predicted octanol–water partition coefficient (Wildman–Crippen LogP) is 0.433. The normalized spacial score (nSPS) is 14.9. The molecule has 3 aromatic rings. The molecule has 25 heavy (non-hydrogen) atoms. The van der Waals surface area contributed by atoms with Crippen LogP contribution in [0.4, 0.5) is 11.5 Å². The molecule has 1 saturated heterocycles. The Balaban J connectivity index is 1.64. The molecule has 3 aromatic heterocycles. The first-order valence-corrected chi connectivity index (χ1v) is 8.23. The maximum absolute atomic E-state index is 12.7. The highest BCUT2D eigenvalue weighted by molar-refractivity contribution is 6.08. The van der Waals surface area contributed by atoms with Gasteiger partial charge in [0.15, 0.2) is 5.65 Å². The summed E-state index contributed by atoms with van der Waals surface area (Å²) in [5, 5.41) is 14.7. The van der Waals surface area contributed by atoms with Crippen molar-refractivity contribution in [1.82, 2.24) is 29.7 Å². The molecule has 9 nitrogen and oxygen atoms in total. The zero-order valence-corrected chi connectivity index (χ0v) is 14.2. The van der Waals surface area contributed by atoms with E-state index in [2.05, 4.69) is 30.7 Å². The van der Waals surface area contributed by atoms with Gasteiger partial charge in [0.05, 0.1) is 17.6 Å². The molecule has 4 rings (SSSR count). The van der Waals surface area contributed by atoms with E-state index in [1.54, 1.807) is 21.6 Å². The van der Waals surface area contributed by atoms with Crippen molar-refractivity contribution in [3.63, 3.8) is 0 Å². The molecule has 1 aliphatic heterocycles. The van der Waals surface area contributed by atoms with E-state index in [0.717, 1.165) is 37.7 Å². The van der Waals surface area contributed by atoms with Crippen LogP contribution in [0.2, 0.25) is 0 Å². The molecule has 0 radical (unpaired) electrons. The predicted molar refractivity (Wildman–Crippen MR) is 94.0 cm³/mol. The van der Waals surface area contributed by atoms with Crippen molar-refractivity contribution in [2.24, 2.45) is 7.05 Å². The fourth-order valence-electron chi connectivity index (χ4n) is 3.00. The van der Waals surface area contributed by atoms with E-state index in [1.807, 2.05) is 26.2 Å². The van der Waals surface area contributed by atoms with Crippen LogP contribution in [0.15, 0.2) is 24.7 Å². The number of piperazine rings is 1. The highest BCUT2D eigenvalue weighted by Crippen LogP contribution is 2.18. The van der Waals surface area contributed by atoms with Gasteiger partial charge in [-0.3, -0.25) is 9.48 Å². The van der Waals surface area contributed by atoms with Gasteiger partial charge < -0.3 is 15.5 Å². The minimum atomic E-state index is -0.240. The molecule has 0 atom stereocenters. The number of nitrogens with one attached hydrogen (secondary N) is 2. The Morgan fingerprint density at radius 2 is 2.12 bits per heavy atom. The molecule has 1 amide bonds. The number of carbonyl (C=O) groups is 1. The fraction of sp³-hybridized carbons (Fsp3) is 0.375. The van der Waals surface area contributed by atoms with Gasteiger partial charge in [-0.15, -0.1) is 0 Å². The smallest absolute Gasteiger partial charge is 0.261 e. The zero-order valence-electron chi connectivity index (χ0n) is 14.2. The lowest BCUT2D eigenvalue weighted by molar-refractivity contribution is 0.102. The number of hydrogen-bond acceptors (Lipinski definition) is 6. The van der Waals surface area contributed by atoms with E-state index < -0.39 is 0 Å². The zero-order chi connectivity index (χ0) is 17.4. The highest BCUT2D eigenvalue weighted by Gasteiger charge is 2.18. The lowest BCUT2D eigenvalue weighted by Crippen LogP contribution is -2.43. The van der Waals surface area contributed by atoms with Crippen LogP contribution in [0, 0.1) is 6.92 Å². The molecule has 2 N–H and O–H groups in total. The molecule has 1 fully saturated rings. The number of anilines is 2. The lowest BCUT2D eigenvalue weighted by atomic mass is 10.3. The Morgan fingerprint density at radius 1 is 1.32 bits per heavy atom. The molecular weight excluding hydrogens is 320 g/mol. The van der Waals surface area contributed by atoms with Gasteiger partial charge in [-0.1, -0.05) is 0 Å². The Kier molecular flexibility index (Phi) is 3.85. The second-order valence-electron chi connectivity index (χ2n) is 6.11. The number of rotatable bonds is 3. The summed E-state index contributed by atoms with van der Waals surface area (Å²) in [6, 6.07) is 1.93. The Morgan fingerprint density at radius 3 is 2.84 bits per heavy atom. The monoisotopic (exact) mass is 340 g/mol. The molecule has 0 unspecified atom stereocenters. The third-order valence-electron chi connectivity index (χ3n) is 4.30. The summed E-state index contributed by atoms with van der Waals surface area (Å²) < 4.78 is 3.29. The van der Waals surface area contributed by atoms with Crippen LogP contribution in [-0.2, 0) is 7.05 Å². The summed E-state index contributed by atoms with van der Waals surface area (Å²) >= 11 is 0. The van der Waals surface area contributed by atoms with Crippen molar-refractivity contribution >= 4 is 23.1 Å². The fourth-order valence-corrected chi connectivity index (χ4v) is 3.00. The number of hydrogen-bond donors (Lipinski definition) is 2. The van der Waals surface area contributed by atoms with Gasteiger partial charge in [0.25, 0.3) is 5.91 Å². The second kappa shape index (κ2) is 6.17. The standard InChI is InChI=1S/C16H20N8O/c1-11-13(10-22(2)21-11)19-16(25)12-9-18-24-6-3-14(20-15(12)24)23-7-4-17-5-8-23/h3,6,9-10,17H,4-5,7-8H2,1-2H3,(H,19,25). The van der Waals surface area contributed by atoms with E-state index in [1.165, 1.54) is 0 Å². The molecule has 130 valence electrons. The maximum Gasteiger partial charge on any atom is 0.261 e. The molecule has 0 saturated carbocycles. The van der Waals surface area contributed by atoms with Crippen LogP contribution >= 0.6 is 0 Å². The van der Waals surface area contributed by atoms with Gasteiger partial charge in [-0.25, -0.2) is 9.50 Å². The van der Waals surface area contributed by atoms with Gasteiger partial charge in [0.2, 0.25) is 0 Å². The number of carbonyl (C=O) groups excluding carboxylic acids is 1. The molecule has 4 heterocycles. The van der Waals surface area contributed by atoms with Crippen molar-refractivity contribution < 1.29 is 4.79 Å². The third-order valence-corrected chi connectivity index (χ3v) is 4.30. The molecule has 0 bridgehead atoms. The van der Waals surface area contributed by atoms with Gasteiger partial charge >= 0.3 is 0 Å². The molecular formula is C16H20N8O. The molecule has 0 spiro atoms. The van der Waals surface area contributed by atoms with Crippen molar-refractivity contribution in [2.75, 3.05) is 36.4 Å². The minimum Gasteiger partial charge on any atom is -0.354 e. The number of amides is 1. The van der Waals surface area contributed by atoms with Crippen molar-refractivity contribution in [1.29, 1.82) is 0 Å². The number of nitrogens with zero attached hydrogens (tertiary/aromatic N) is 6. The summed E-state index contributed by atoms with van der Waals surface area (Å²) in [5.41, 5.74) is 2.45. The Labute approximate surface area is 144 Å². The summed E-state index contributed by atoms with van der Waals surface area (Å²) in [4.78, 5) is 19.5. The van der Waals surface area contributed by atoms with E-state index in [9.17, 15) is 4.79 Å². The van der Waals surface area contributed by atoms with Crippen molar-refractivity contribution in [3.05, 3.63) is 35.9 Å². The van der Waals surface area contributed by atoms with Crippen molar-refractivity contribution in [2.45, 2.75) is 6.92 Å². The first-order valence-electron chi connectivity index (χ1n) is 8.23. The van der Waals surface area contributed by atoms with Gasteiger partial charge in [0.1, 0.15) is 11.4 Å². The van der Waals surface area contributed by atoms with Crippen molar-refractivity contribution in [3.8, 4) is 0 Å². The SMILES string of the molecule is Cc1nn(C)cc1NC(=O)c1cnn2ccc(N3CCNCC3)nc12. The lowest BCUT2D eigenvalue weighted by Gasteiger charge is -2.28. The minimum absolute atomic E-state index is 0.240. The summed E-state index contributed by atoms with van der Waals surface area (Å²) in [6.45, 7) is 5.51. The second-order valence-corrected chi connectivity index (χ2v) is 6.11. The van der Waals surface area contributed by atoms with Gasteiger partial charge in [0, 0.05) is 45.6 Å². The molecule has 0 aromatic carbocycles. The average molecular weight is 340 g/mol. The topological polar surface area (TPSA) is 92.4 Å². The highest BCUT2D eigenvalue weighted by atomic mass is 16.1. The van der Waals surface area contributed by atoms with Gasteiger partial charge in [-0.2, -0.15) is 10.2 Å². The largest absolute Gasteiger partial charge is 0.354 e. The van der Waals surface area contributed by atoms with E-state index in [0.29, 0.717) is 16.9 Å². The maximum atomic E-state index is 12.7. The van der Waals surface area contributed by atoms with Crippen LogP contribution < -0.4 is 15.5 Å². The summed E-state index contributed by atoms with van der Waals surface area (Å²) in [7, 11) is 1.82. The van der Waals surface area contributed by atoms with Crippen LogP contribution in [-0.4, -0.2) is 56.5 Å². The first kappa shape index (κ1) is 15.6. The molecule has 1 aliphatic rings. The molecule has 9 heteroatoms. The van der Waals surface area contributed by atoms with Crippen LogP contribution in [0.3, 0.4) is 0 Å². The molecule has 0 aliphatic carbocycles. The quantitative estimate of drug-likeness (QED) is 0.718. The van der Waals surface area contributed by atoms with Crippen LogP contribution in [0.5, 0.6) is 0 Å². The van der Waals surface area contributed by atoms with E-state index in [4.69, 9.17) is 0 Å². The summed E-state index contributed by atoms with van der Waals surface area (Å²) in [5.74, 6) is 0.622. The number of aromatic nitrogens is 5. The third kappa shape index (κ3) is 2.93. The Bertz CT molecular complexity index is 922. The van der Waals surface area contributed by atoms with E-state index >= 15 is 0 Å². The van der Waals surface area contributed by atoms with Crippen LogP contribution in [0.1, 0.15) is 16.1 Å². The number of aryl methyl sites for hydroxylation is 2. The first-order chi connectivity index (χ1) is 12.1. The summed E-state index contributed by atoms with van der Waals surface area (Å²) in [6.07, 6.45) is 5.16. The average Bonchev–Trinajstić information content (AvgIpc) is 3.18. The van der Waals surface area contributed by atoms with E-state index in [-0.39, 0.29) is 5.91 Å². The van der Waals surface area contributed by atoms with Crippen LogP contribution in [0.25, 0.3) is 5.65 Å². The number of fused-ring (bicyclic) bond motifs is 1. The Hall–Kier alpha value is -2.94. The van der Waals surface area contributed by atoms with Gasteiger partial charge in [-0.05, 0) is 13.0 Å².